The van der Waals surface area contributed by atoms with E-state index in [0.717, 1.165) is 17.8 Å². The molecule has 3 rings (SSSR count). The highest BCUT2D eigenvalue weighted by atomic mass is 16.5. The van der Waals surface area contributed by atoms with Gasteiger partial charge >= 0.3 is 0 Å². The number of ether oxygens (including phenoxy) is 2. The topological polar surface area (TPSA) is 89.1 Å². The minimum atomic E-state index is -0.170. The average molecular weight is 316 g/mol. The molecule has 0 saturated carbocycles. The highest BCUT2D eigenvalue weighted by Gasteiger charge is 2.28. The van der Waals surface area contributed by atoms with Gasteiger partial charge in [0.15, 0.2) is 0 Å². The Morgan fingerprint density at radius 3 is 3.22 bits per heavy atom. The first-order chi connectivity index (χ1) is 11.3. The molecule has 7 nitrogen and oxygen atoms in total. The maximum atomic E-state index is 12.1. The first kappa shape index (κ1) is 15.6. The van der Waals surface area contributed by atoms with Gasteiger partial charge in [0.2, 0.25) is 5.91 Å². The zero-order chi connectivity index (χ0) is 15.9. The molecule has 2 atom stereocenters. The summed E-state index contributed by atoms with van der Waals surface area (Å²) in [6, 6.07) is 5.65. The first-order valence-corrected chi connectivity index (χ1v) is 7.67. The molecule has 7 heteroatoms. The quantitative estimate of drug-likeness (QED) is 0.824. The summed E-state index contributed by atoms with van der Waals surface area (Å²) >= 11 is 0. The molecule has 0 radical (unpaired) electrons. The maximum Gasteiger partial charge on any atom is 0.226 e. The van der Waals surface area contributed by atoms with Crippen LogP contribution in [0.4, 0.5) is 0 Å². The number of amides is 1. The molecule has 1 aliphatic heterocycles. The van der Waals surface area contributed by atoms with Crippen molar-refractivity contribution in [2.45, 2.75) is 31.6 Å². The minimum absolute atomic E-state index is 0.0485. The number of rotatable bonds is 6. The van der Waals surface area contributed by atoms with E-state index < -0.39 is 0 Å². The number of pyridine rings is 1. The van der Waals surface area contributed by atoms with Gasteiger partial charge < -0.3 is 19.8 Å². The van der Waals surface area contributed by atoms with Crippen molar-refractivity contribution in [2.75, 3.05) is 13.2 Å². The number of hydrogen-bond acceptors (Lipinski definition) is 5. The summed E-state index contributed by atoms with van der Waals surface area (Å²) in [5.74, 6) is -0.0485. The van der Waals surface area contributed by atoms with E-state index in [1.165, 1.54) is 0 Å². The molecule has 0 aromatic carbocycles. The van der Waals surface area contributed by atoms with Crippen LogP contribution in [0.3, 0.4) is 0 Å². The molecule has 2 aromatic rings. The van der Waals surface area contributed by atoms with E-state index in [-0.39, 0.29) is 24.5 Å². The summed E-state index contributed by atoms with van der Waals surface area (Å²) in [4.78, 5) is 23.2. The van der Waals surface area contributed by atoms with Gasteiger partial charge in [-0.2, -0.15) is 0 Å². The van der Waals surface area contributed by atoms with Gasteiger partial charge in [0.1, 0.15) is 6.10 Å². The second-order valence-corrected chi connectivity index (χ2v) is 5.46. The van der Waals surface area contributed by atoms with Crippen molar-refractivity contribution < 1.29 is 14.3 Å². The predicted molar refractivity (Wildman–Crippen MR) is 82.5 cm³/mol. The third kappa shape index (κ3) is 4.61. The molecule has 1 aliphatic rings. The zero-order valence-corrected chi connectivity index (χ0v) is 12.8. The number of H-pyrrole nitrogens is 1. The van der Waals surface area contributed by atoms with Crippen molar-refractivity contribution in [3.05, 3.63) is 48.3 Å². The highest BCUT2D eigenvalue weighted by Crippen LogP contribution is 2.13. The Balaban J connectivity index is 1.52. The standard InChI is InChI=1S/C16H20N4O3/c21-16(7-13-8-17-11-19-13)20-14-4-6-22-10-15(14)23-9-12-3-1-2-5-18-12/h1-3,5,8,11,14-15H,4,6-7,9-10H2,(H,17,19)(H,20,21)/t14-,15-/m1/s1. The number of aromatic nitrogens is 3. The van der Waals surface area contributed by atoms with Crippen molar-refractivity contribution in [2.24, 2.45) is 0 Å². The van der Waals surface area contributed by atoms with Crippen molar-refractivity contribution in [1.82, 2.24) is 20.3 Å². The molecule has 0 spiro atoms. The summed E-state index contributed by atoms with van der Waals surface area (Å²) in [6.07, 6.45) is 5.80. The van der Waals surface area contributed by atoms with E-state index in [2.05, 4.69) is 20.3 Å². The molecule has 2 aromatic heterocycles. The predicted octanol–water partition coefficient (Wildman–Crippen LogP) is 0.838. The highest BCUT2D eigenvalue weighted by molar-refractivity contribution is 5.78. The van der Waals surface area contributed by atoms with E-state index in [1.807, 2.05) is 18.2 Å². The van der Waals surface area contributed by atoms with Crippen molar-refractivity contribution in [1.29, 1.82) is 0 Å². The van der Waals surface area contributed by atoms with Crippen LogP contribution in [0.1, 0.15) is 17.8 Å². The summed E-state index contributed by atoms with van der Waals surface area (Å²) in [6.45, 7) is 1.50. The van der Waals surface area contributed by atoms with Gasteiger partial charge in [-0.05, 0) is 18.6 Å². The van der Waals surface area contributed by atoms with Gasteiger partial charge in [0.05, 0.1) is 37.7 Å². The Labute approximate surface area is 134 Å². The van der Waals surface area contributed by atoms with Gasteiger partial charge in [-0.1, -0.05) is 6.07 Å². The van der Waals surface area contributed by atoms with Crippen LogP contribution in [0.2, 0.25) is 0 Å². The zero-order valence-electron chi connectivity index (χ0n) is 12.8. The fourth-order valence-corrected chi connectivity index (χ4v) is 2.53. The number of imidazole rings is 1. The lowest BCUT2D eigenvalue weighted by Crippen LogP contribution is -2.50. The van der Waals surface area contributed by atoms with E-state index >= 15 is 0 Å². The number of nitrogens with one attached hydrogen (secondary N) is 2. The average Bonchev–Trinajstić information content (AvgIpc) is 3.08. The Kier molecular flexibility index (Phi) is 5.33. The molecular formula is C16H20N4O3. The summed E-state index contributed by atoms with van der Waals surface area (Å²) < 4.78 is 11.4. The summed E-state index contributed by atoms with van der Waals surface area (Å²) in [7, 11) is 0. The Bertz CT molecular complexity index is 603. The molecule has 23 heavy (non-hydrogen) atoms. The number of nitrogens with zero attached hydrogens (tertiary/aromatic N) is 2. The van der Waals surface area contributed by atoms with Crippen molar-refractivity contribution >= 4 is 5.91 Å². The summed E-state index contributed by atoms with van der Waals surface area (Å²) in [5.41, 5.74) is 1.65. The lowest BCUT2D eigenvalue weighted by molar-refractivity contribution is -0.126. The number of aromatic amines is 1. The normalized spacial score (nSPS) is 21.0. The number of carbonyl (C=O) groups is 1. The molecule has 0 unspecified atom stereocenters. The van der Waals surface area contributed by atoms with E-state index in [1.54, 1.807) is 18.7 Å². The monoisotopic (exact) mass is 316 g/mol. The number of hydrogen-bond donors (Lipinski definition) is 2. The van der Waals surface area contributed by atoms with E-state index in [9.17, 15) is 4.79 Å². The smallest absolute Gasteiger partial charge is 0.226 e. The van der Waals surface area contributed by atoms with Crippen LogP contribution in [0.15, 0.2) is 36.9 Å². The molecular weight excluding hydrogens is 296 g/mol. The second kappa shape index (κ2) is 7.85. The Hall–Kier alpha value is -2.25. The van der Waals surface area contributed by atoms with E-state index in [0.29, 0.717) is 19.8 Å². The molecule has 122 valence electrons. The summed E-state index contributed by atoms with van der Waals surface area (Å²) in [5, 5.41) is 3.03. The molecule has 1 saturated heterocycles. The van der Waals surface area contributed by atoms with Gasteiger partial charge in [0, 0.05) is 24.7 Å². The van der Waals surface area contributed by atoms with Crippen LogP contribution in [0.25, 0.3) is 0 Å². The lowest BCUT2D eigenvalue weighted by atomic mass is 10.1. The third-order valence-corrected chi connectivity index (χ3v) is 3.73. The molecule has 1 fully saturated rings. The first-order valence-electron chi connectivity index (χ1n) is 7.67. The van der Waals surface area contributed by atoms with Crippen LogP contribution in [0, 0.1) is 0 Å². The van der Waals surface area contributed by atoms with Crippen LogP contribution in [-0.4, -0.2) is 46.2 Å². The SMILES string of the molecule is O=C(Cc1cnc[nH]1)N[C@@H]1CCOC[C@H]1OCc1ccccn1. The van der Waals surface area contributed by atoms with Crippen molar-refractivity contribution in [3.63, 3.8) is 0 Å². The molecule has 0 bridgehead atoms. The van der Waals surface area contributed by atoms with Crippen molar-refractivity contribution in [3.8, 4) is 0 Å². The number of carbonyl (C=O) groups excluding carboxylic acids is 1. The van der Waals surface area contributed by atoms with Gasteiger partial charge in [-0.3, -0.25) is 9.78 Å². The van der Waals surface area contributed by atoms with Crippen LogP contribution in [-0.2, 0) is 27.3 Å². The minimum Gasteiger partial charge on any atom is -0.379 e. The Morgan fingerprint density at radius 1 is 1.48 bits per heavy atom. The van der Waals surface area contributed by atoms with Crippen LogP contribution >= 0.6 is 0 Å². The van der Waals surface area contributed by atoms with Gasteiger partial charge in [-0.15, -0.1) is 0 Å². The maximum absolute atomic E-state index is 12.1. The third-order valence-electron chi connectivity index (χ3n) is 3.73. The molecule has 0 aliphatic carbocycles. The fraction of sp³-hybridized carbons (Fsp3) is 0.438. The van der Waals surface area contributed by atoms with Crippen LogP contribution < -0.4 is 5.32 Å². The van der Waals surface area contributed by atoms with Gasteiger partial charge in [0.25, 0.3) is 0 Å². The van der Waals surface area contributed by atoms with Crippen LogP contribution in [0.5, 0.6) is 0 Å². The molecule has 3 heterocycles. The molecule has 1 amide bonds. The largest absolute Gasteiger partial charge is 0.379 e. The lowest BCUT2D eigenvalue weighted by Gasteiger charge is -2.32. The fourth-order valence-electron chi connectivity index (χ4n) is 2.53. The van der Waals surface area contributed by atoms with Gasteiger partial charge in [-0.25, -0.2) is 4.98 Å². The second-order valence-electron chi connectivity index (χ2n) is 5.46. The molecule has 2 N–H and O–H groups in total. The Morgan fingerprint density at radius 2 is 2.43 bits per heavy atom. The van der Waals surface area contributed by atoms with E-state index in [4.69, 9.17) is 9.47 Å².